The second kappa shape index (κ2) is 7.39. The largest absolute Gasteiger partial charge is 0.439 e. The van der Waals surface area contributed by atoms with Gasteiger partial charge in [0.1, 0.15) is 5.75 Å². The zero-order valence-corrected chi connectivity index (χ0v) is 14.4. The van der Waals surface area contributed by atoms with Gasteiger partial charge in [-0.3, -0.25) is 9.48 Å². The first-order chi connectivity index (χ1) is 12.8. The number of amides is 1. The van der Waals surface area contributed by atoms with Gasteiger partial charge in [0.25, 0.3) is 5.91 Å². The van der Waals surface area contributed by atoms with Crippen molar-refractivity contribution in [1.29, 1.82) is 0 Å². The maximum Gasteiger partial charge on any atom is 0.254 e. The van der Waals surface area contributed by atoms with Crippen LogP contribution in [0.3, 0.4) is 0 Å². The average Bonchev–Trinajstić information content (AvgIpc) is 3.23. The quantitative estimate of drug-likeness (QED) is 0.723. The summed E-state index contributed by atoms with van der Waals surface area (Å²) in [5.41, 5.74) is 0.590. The minimum Gasteiger partial charge on any atom is -0.439 e. The number of para-hydroxylation sites is 1. The molecule has 0 radical (unpaired) electrons. The third-order valence-corrected chi connectivity index (χ3v) is 4.53. The fourth-order valence-electron chi connectivity index (χ4n) is 3.24. The second-order valence-corrected chi connectivity index (χ2v) is 6.33. The Bertz CT molecular complexity index is 865. The summed E-state index contributed by atoms with van der Waals surface area (Å²) >= 11 is 0. The summed E-state index contributed by atoms with van der Waals surface area (Å²) in [5, 5.41) is 4.32. The molecule has 3 heterocycles. The number of likely N-dealkylation sites (tertiary alicyclic amines) is 1. The molecule has 1 saturated heterocycles. The third kappa shape index (κ3) is 3.59. The lowest BCUT2D eigenvalue weighted by molar-refractivity contribution is 0.0672. The van der Waals surface area contributed by atoms with Crippen molar-refractivity contribution >= 4 is 5.91 Å². The van der Waals surface area contributed by atoms with Crippen LogP contribution in [0.4, 0.5) is 0 Å². The molecular weight excluding hydrogens is 328 g/mol. The van der Waals surface area contributed by atoms with Crippen molar-refractivity contribution in [3.8, 4) is 11.6 Å². The summed E-state index contributed by atoms with van der Waals surface area (Å²) in [6.45, 7) is 1.42. The molecular formula is C20H20N4O2. The highest BCUT2D eigenvalue weighted by Crippen LogP contribution is 2.24. The number of carbonyl (C=O) groups excluding carboxylic acids is 1. The molecule has 3 aromatic rings. The Labute approximate surface area is 152 Å². The van der Waals surface area contributed by atoms with Crippen molar-refractivity contribution in [3.63, 3.8) is 0 Å². The maximum atomic E-state index is 12.9. The highest BCUT2D eigenvalue weighted by atomic mass is 16.5. The van der Waals surface area contributed by atoms with Gasteiger partial charge in [0.2, 0.25) is 5.88 Å². The minimum atomic E-state index is 0.00201. The third-order valence-electron chi connectivity index (χ3n) is 4.53. The Balaban J connectivity index is 1.48. The molecule has 1 aliphatic rings. The molecule has 0 saturated carbocycles. The van der Waals surface area contributed by atoms with Gasteiger partial charge in [-0.25, -0.2) is 4.98 Å². The van der Waals surface area contributed by atoms with E-state index in [1.54, 1.807) is 24.5 Å². The molecule has 6 heteroatoms. The van der Waals surface area contributed by atoms with E-state index in [9.17, 15) is 4.79 Å². The van der Waals surface area contributed by atoms with Crippen LogP contribution in [0, 0.1) is 0 Å². The molecule has 0 N–H and O–H groups in total. The Kier molecular flexibility index (Phi) is 4.64. The van der Waals surface area contributed by atoms with Gasteiger partial charge in [-0.15, -0.1) is 0 Å². The van der Waals surface area contributed by atoms with E-state index < -0.39 is 0 Å². The predicted octanol–water partition coefficient (Wildman–Crippen LogP) is 3.55. The summed E-state index contributed by atoms with van der Waals surface area (Å²) in [5.74, 6) is 1.12. The van der Waals surface area contributed by atoms with Crippen molar-refractivity contribution in [3.05, 3.63) is 72.7 Å². The van der Waals surface area contributed by atoms with Crippen LogP contribution in [-0.4, -0.2) is 38.7 Å². The number of hydrogen-bond donors (Lipinski definition) is 0. The Morgan fingerprint density at radius 1 is 1.12 bits per heavy atom. The SMILES string of the molecule is O=C(c1ccnc(Oc2ccccc2)c1)N1CCCC(n2cccn2)C1. The van der Waals surface area contributed by atoms with Crippen molar-refractivity contribution in [2.75, 3.05) is 13.1 Å². The highest BCUT2D eigenvalue weighted by Gasteiger charge is 2.26. The molecule has 4 rings (SSSR count). The van der Waals surface area contributed by atoms with Gasteiger partial charge in [0.05, 0.1) is 6.04 Å². The molecule has 0 bridgehead atoms. The van der Waals surface area contributed by atoms with E-state index in [2.05, 4.69) is 10.1 Å². The van der Waals surface area contributed by atoms with E-state index in [0.717, 1.165) is 19.4 Å². The zero-order valence-electron chi connectivity index (χ0n) is 14.4. The van der Waals surface area contributed by atoms with Gasteiger partial charge in [-0.1, -0.05) is 18.2 Å². The molecule has 1 unspecified atom stereocenters. The lowest BCUT2D eigenvalue weighted by atomic mass is 10.0. The van der Waals surface area contributed by atoms with Gasteiger partial charge in [0.15, 0.2) is 0 Å². The summed E-state index contributed by atoms with van der Waals surface area (Å²) in [7, 11) is 0. The smallest absolute Gasteiger partial charge is 0.254 e. The van der Waals surface area contributed by atoms with Gasteiger partial charge >= 0.3 is 0 Å². The van der Waals surface area contributed by atoms with Crippen LogP contribution < -0.4 is 4.74 Å². The standard InChI is InChI=1S/C20H20N4O2/c25-20(23-12-4-6-17(15-23)24-13-5-10-22-24)16-9-11-21-19(14-16)26-18-7-2-1-3-8-18/h1-3,5,7-11,13-14,17H,4,6,12,15H2. The maximum absolute atomic E-state index is 12.9. The fraction of sp³-hybridized carbons (Fsp3) is 0.250. The number of nitrogens with zero attached hydrogens (tertiary/aromatic N) is 4. The lowest BCUT2D eigenvalue weighted by Crippen LogP contribution is -2.40. The van der Waals surface area contributed by atoms with E-state index in [0.29, 0.717) is 23.7 Å². The molecule has 2 aromatic heterocycles. The van der Waals surface area contributed by atoms with Crippen LogP contribution in [0.1, 0.15) is 29.2 Å². The van der Waals surface area contributed by atoms with Crippen LogP contribution in [0.25, 0.3) is 0 Å². The van der Waals surface area contributed by atoms with Crippen LogP contribution >= 0.6 is 0 Å². The number of piperidine rings is 1. The second-order valence-electron chi connectivity index (χ2n) is 6.33. The molecule has 26 heavy (non-hydrogen) atoms. The summed E-state index contributed by atoms with van der Waals surface area (Å²) in [6, 6.07) is 15.0. The van der Waals surface area contributed by atoms with E-state index >= 15 is 0 Å². The van der Waals surface area contributed by atoms with E-state index in [4.69, 9.17) is 4.74 Å². The monoisotopic (exact) mass is 348 g/mol. The molecule has 132 valence electrons. The van der Waals surface area contributed by atoms with Crippen molar-refractivity contribution in [1.82, 2.24) is 19.7 Å². The highest BCUT2D eigenvalue weighted by molar-refractivity contribution is 5.94. The van der Waals surface area contributed by atoms with Gasteiger partial charge in [-0.05, 0) is 37.1 Å². The summed E-state index contributed by atoms with van der Waals surface area (Å²) < 4.78 is 7.68. The Morgan fingerprint density at radius 2 is 2.00 bits per heavy atom. The van der Waals surface area contributed by atoms with Gasteiger partial charge in [0, 0.05) is 43.3 Å². The minimum absolute atomic E-state index is 0.00201. The number of ether oxygens (including phenoxy) is 1. The molecule has 1 aromatic carbocycles. The van der Waals surface area contributed by atoms with Crippen LogP contribution in [-0.2, 0) is 0 Å². The molecule has 1 fully saturated rings. The topological polar surface area (TPSA) is 60.2 Å². The summed E-state index contributed by atoms with van der Waals surface area (Å²) in [4.78, 5) is 19.0. The molecule has 1 amide bonds. The number of carbonyl (C=O) groups is 1. The molecule has 0 spiro atoms. The Morgan fingerprint density at radius 3 is 2.81 bits per heavy atom. The van der Waals surface area contributed by atoms with Gasteiger partial charge in [-0.2, -0.15) is 5.10 Å². The van der Waals surface area contributed by atoms with Crippen LogP contribution in [0.5, 0.6) is 11.6 Å². The number of hydrogen-bond acceptors (Lipinski definition) is 4. The van der Waals surface area contributed by atoms with Crippen molar-refractivity contribution in [2.45, 2.75) is 18.9 Å². The van der Waals surface area contributed by atoms with E-state index in [-0.39, 0.29) is 11.9 Å². The molecule has 6 nitrogen and oxygen atoms in total. The molecule has 1 aliphatic heterocycles. The van der Waals surface area contributed by atoms with Crippen LogP contribution in [0.15, 0.2) is 67.1 Å². The fourth-order valence-corrected chi connectivity index (χ4v) is 3.24. The normalized spacial score (nSPS) is 17.1. The van der Waals surface area contributed by atoms with Crippen LogP contribution in [0.2, 0.25) is 0 Å². The summed E-state index contributed by atoms with van der Waals surface area (Å²) in [6.07, 6.45) is 7.34. The lowest BCUT2D eigenvalue weighted by Gasteiger charge is -2.33. The van der Waals surface area contributed by atoms with Gasteiger partial charge < -0.3 is 9.64 Å². The number of rotatable bonds is 4. The molecule has 0 aliphatic carbocycles. The number of pyridine rings is 1. The van der Waals surface area contributed by atoms with E-state index in [1.165, 1.54) is 0 Å². The number of aromatic nitrogens is 3. The predicted molar refractivity (Wildman–Crippen MR) is 97.2 cm³/mol. The Hall–Kier alpha value is -3.15. The zero-order chi connectivity index (χ0) is 17.8. The first kappa shape index (κ1) is 16.3. The first-order valence-electron chi connectivity index (χ1n) is 8.77. The first-order valence-corrected chi connectivity index (χ1v) is 8.77. The van der Waals surface area contributed by atoms with Crippen molar-refractivity contribution in [2.24, 2.45) is 0 Å². The average molecular weight is 348 g/mol. The van der Waals surface area contributed by atoms with E-state index in [1.807, 2.05) is 52.2 Å². The number of benzene rings is 1. The van der Waals surface area contributed by atoms with Crippen molar-refractivity contribution < 1.29 is 9.53 Å². The molecule has 1 atom stereocenters.